The highest BCUT2D eigenvalue weighted by Crippen LogP contribution is 2.17. The standard InChI is InChI=1S/C9H6N8/c10-3-5-12-1-2-17(5)8-6-7(14-4-13-6)15-9(11)16-8/h1-2,4H,(H3,11,13,14,15,16). The van der Waals surface area contributed by atoms with Crippen LogP contribution in [0.25, 0.3) is 17.0 Å². The molecule has 3 heterocycles. The van der Waals surface area contributed by atoms with Crippen molar-refractivity contribution in [2.75, 3.05) is 5.73 Å². The molecule has 0 bridgehead atoms. The van der Waals surface area contributed by atoms with Gasteiger partial charge < -0.3 is 10.7 Å². The Kier molecular flexibility index (Phi) is 1.79. The van der Waals surface area contributed by atoms with Gasteiger partial charge in [0.1, 0.15) is 11.6 Å². The number of nitrogens with one attached hydrogen (secondary N) is 1. The number of fused-ring (bicyclic) bond motifs is 1. The maximum atomic E-state index is 8.93. The van der Waals surface area contributed by atoms with Crippen molar-refractivity contribution in [2.45, 2.75) is 0 Å². The lowest BCUT2D eigenvalue weighted by Crippen LogP contribution is -2.05. The van der Waals surface area contributed by atoms with Crippen LogP contribution in [0.3, 0.4) is 0 Å². The first kappa shape index (κ1) is 9.29. The van der Waals surface area contributed by atoms with Crippen LogP contribution in [0.15, 0.2) is 18.7 Å². The van der Waals surface area contributed by atoms with Gasteiger partial charge in [-0.15, -0.1) is 0 Å². The smallest absolute Gasteiger partial charge is 0.224 e. The predicted octanol–water partition coefficient (Wildman–Crippen LogP) is -0.00752. The van der Waals surface area contributed by atoms with Gasteiger partial charge >= 0.3 is 0 Å². The number of rotatable bonds is 1. The molecular weight excluding hydrogens is 220 g/mol. The summed E-state index contributed by atoms with van der Waals surface area (Å²) in [6, 6.07) is 1.97. The zero-order valence-electron chi connectivity index (χ0n) is 8.49. The van der Waals surface area contributed by atoms with Crippen molar-refractivity contribution in [1.29, 1.82) is 5.26 Å². The van der Waals surface area contributed by atoms with Crippen molar-refractivity contribution in [1.82, 2.24) is 29.5 Å². The second-order valence-electron chi connectivity index (χ2n) is 3.24. The molecule has 0 saturated carbocycles. The van der Waals surface area contributed by atoms with E-state index < -0.39 is 0 Å². The number of nitrogens with zero attached hydrogens (tertiary/aromatic N) is 6. The van der Waals surface area contributed by atoms with Crippen molar-refractivity contribution in [3.05, 3.63) is 24.5 Å². The van der Waals surface area contributed by atoms with Gasteiger partial charge in [0, 0.05) is 12.4 Å². The molecule has 0 aromatic carbocycles. The minimum atomic E-state index is 0.0946. The number of hydrogen-bond acceptors (Lipinski definition) is 6. The zero-order chi connectivity index (χ0) is 11.8. The summed E-state index contributed by atoms with van der Waals surface area (Å²) in [4.78, 5) is 18.9. The van der Waals surface area contributed by atoms with Crippen LogP contribution in [0, 0.1) is 11.3 Å². The first-order valence-corrected chi connectivity index (χ1v) is 4.70. The van der Waals surface area contributed by atoms with Crippen LogP contribution in [-0.4, -0.2) is 29.5 Å². The van der Waals surface area contributed by atoms with Crippen LogP contribution in [0.1, 0.15) is 5.82 Å². The molecule has 0 spiro atoms. The van der Waals surface area contributed by atoms with Crippen molar-refractivity contribution in [3.8, 4) is 11.9 Å². The fraction of sp³-hybridized carbons (Fsp3) is 0. The van der Waals surface area contributed by atoms with Crippen molar-refractivity contribution in [3.63, 3.8) is 0 Å². The fourth-order valence-electron chi connectivity index (χ4n) is 1.57. The quantitative estimate of drug-likeness (QED) is 0.601. The molecule has 17 heavy (non-hydrogen) atoms. The SMILES string of the molecule is N#Cc1nccn1-c1nc(N)nc2nc[nH]c12. The molecule has 8 nitrogen and oxygen atoms in total. The zero-order valence-corrected chi connectivity index (χ0v) is 8.49. The number of aromatic nitrogens is 6. The summed E-state index contributed by atoms with van der Waals surface area (Å²) in [5.41, 5.74) is 6.64. The molecule has 8 heteroatoms. The molecule has 0 aliphatic heterocycles. The van der Waals surface area contributed by atoms with Crippen LogP contribution in [-0.2, 0) is 0 Å². The van der Waals surface area contributed by atoms with Gasteiger partial charge in [0.05, 0.1) is 6.33 Å². The number of H-pyrrole nitrogens is 1. The molecule has 0 unspecified atom stereocenters. The van der Waals surface area contributed by atoms with Gasteiger partial charge in [0.2, 0.25) is 11.8 Å². The van der Waals surface area contributed by atoms with E-state index in [9.17, 15) is 0 Å². The van der Waals surface area contributed by atoms with Gasteiger partial charge in [-0.05, 0) is 0 Å². The average Bonchev–Trinajstić information content (AvgIpc) is 2.95. The monoisotopic (exact) mass is 226 g/mol. The number of aromatic amines is 1. The predicted molar refractivity (Wildman–Crippen MR) is 57.9 cm³/mol. The number of nitrogen functional groups attached to an aromatic ring is 1. The van der Waals surface area contributed by atoms with E-state index in [0.29, 0.717) is 17.0 Å². The van der Waals surface area contributed by atoms with Gasteiger partial charge in [0.25, 0.3) is 0 Å². The van der Waals surface area contributed by atoms with Crippen molar-refractivity contribution >= 4 is 17.1 Å². The molecule has 0 atom stereocenters. The van der Waals surface area contributed by atoms with Gasteiger partial charge in [-0.1, -0.05) is 0 Å². The Morgan fingerprint density at radius 1 is 1.35 bits per heavy atom. The Balaban J connectivity index is 2.37. The molecule has 0 aliphatic carbocycles. The van der Waals surface area contributed by atoms with E-state index in [-0.39, 0.29) is 11.8 Å². The highest BCUT2D eigenvalue weighted by molar-refractivity contribution is 5.79. The summed E-state index contributed by atoms with van der Waals surface area (Å²) in [7, 11) is 0. The highest BCUT2D eigenvalue weighted by Gasteiger charge is 2.13. The summed E-state index contributed by atoms with van der Waals surface area (Å²) in [6.45, 7) is 0. The van der Waals surface area contributed by atoms with Crippen LogP contribution < -0.4 is 5.73 Å². The molecule has 0 radical (unpaired) electrons. The summed E-state index contributed by atoms with van der Waals surface area (Å²) >= 11 is 0. The van der Waals surface area contributed by atoms with E-state index >= 15 is 0 Å². The van der Waals surface area contributed by atoms with E-state index in [1.54, 1.807) is 6.20 Å². The molecular formula is C9H6N8. The van der Waals surface area contributed by atoms with Gasteiger partial charge in [0.15, 0.2) is 11.5 Å². The molecule has 3 N–H and O–H groups in total. The number of nitriles is 1. The molecule has 0 amide bonds. The van der Waals surface area contributed by atoms with Crippen molar-refractivity contribution in [2.24, 2.45) is 0 Å². The third-order valence-electron chi connectivity index (χ3n) is 2.25. The normalized spacial score (nSPS) is 10.5. The maximum absolute atomic E-state index is 8.93. The van der Waals surface area contributed by atoms with E-state index in [4.69, 9.17) is 11.0 Å². The molecule has 3 aromatic rings. The Bertz CT molecular complexity index is 731. The number of anilines is 1. The Morgan fingerprint density at radius 2 is 2.24 bits per heavy atom. The van der Waals surface area contributed by atoms with E-state index in [1.165, 1.54) is 17.1 Å². The lowest BCUT2D eigenvalue weighted by Gasteiger charge is -2.03. The number of nitrogens with two attached hydrogens (primary N) is 1. The largest absolute Gasteiger partial charge is 0.368 e. The molecule has 0 saturated heterocycles. The number of imidazole rings is 2. The van der Waals surface area contributed by atoms with Gasteiger partial charge in [-0.25, -0.2) is 9.97 Å². The average molecular weight is 226 g/mol. The minimum absolute atomic E-state index is 0.0946. The minimum Gasteiger partial charge on any atom is -0.368 e. The molecule has 0 aliphatic rings. The lowest BCUT2D eigenvalue weighted by molar-refractivity contribution is 0.969. The maximum Gasteiger partial charge on any atom is 0.224 e. The van der Waals surface area contributed by atoms with Gasteiger partial charge in [-0.2, -0.15) is 15.2 Å². The van der Waals surface area contributed by atoms with E-state index in [2.05, 4.69) is 24.9 Å². The molecule has 3 aromatic heterocycles. The van der Waals surface area contributed by atoms with E-state index in [1.807, 2.05) is 6.07 Å². The molecule has 82 valence electrons. The van der Waals surface area contributed by atoms with Crippen LogP contribution in [0.4, 0.5) is 5.95 Å². The molecule has 0 fully saturated rings. The third kappa shape index (κ3) is 1.30. The molecule has 3 rings (SSSR count). The second-order valence-corrected chi connectivity index (χ2v) is 3.24. The highest BCUT2D eigenvalue weighted by atomic mass is 15.2. The third-order valence-corrected chi connectivity index (χ3v) is 2.25. The first-order valence-electron chi connectivity index (χ1n) is 4.70. The second kappa shape index (κ2) is 3.28. The van der Waals surface area contributed by atoms with Gasteiger partial charge in [-0.3, -0.25) is 4.57 Å². The van der Waals surface area contributed by atoms with Crippen molar-refractivity contribution < 1.29 is 0 Å². The Morgan fingerprint density at radius 3 is 3.06 bits per heavy atom. The summed E-state index contributed by atoms with van der Waals surface area (Å²) in [5.74, 6) is 0.773. The summed E-state index contributed by atoms with van der Waals surface area (Å²) in [5, 5.41) is 8.93. The Hall–Kier alpha value is -2.95. The van der Waals surface area contributed by atoms with Crippen LogP contribution >= 0.6 is 0 Å². The Labute approximate surface area is 94.8 Å². The summed E-state index contributed by atoms with van der Waals surface area (Å²) < 4.78 is 1.53. The summed E-state index contributed by atoms with van der Waals surface area (Å²) in [6.07, 6.45) is 4.63. The topological polar surface area (TPSA) is 122 Å². The first-order chi connectivity index (χ1) is 8.29. The number of hydrogen-bond donors (Lipinski definition) is 2. The fourth-order valence-corrected chi connectivity index (χ4v) is 1.57. The lowest BCUT2D eigenvalue weighted by atomic mass is 10.4. The van der Waals surface area contributed by atoms with E-state index in [0.717, 1.165) is 0 Å². The van der Waals surface area contributed by atoms with Crippen LogP contribution in [0.2, 0.25) is 0 Å². The van der Waals surface area contributed by atoms with Crippen LogP contribution in [0.5, 0.6) is 0 Å².